The van der Waals surface area contributed by atoms with Gasteiger partial charge in [-0.2, -0.15) is 0 Å². The molecule has 2 rings (SSSR count). The van der Waals surface area contributed by atoms with Crippen LogP contribution >= 0.6 is 11.6 Å². The van der Waals surface area contributed by atoms with Crippen LogP contribution in [0, 0.1) is 0 Å². The van der Waals surface area contributed by atoms with Gasteiger partial charge in [-0.25, -0.2) is 4.98 Å². The Kier molecular flexibility index (Phi) is 2.82. The molecule has 0 amide bonds. The molecule has 0 aliphatic heterocycles. The fourth-order valence-electron chi connectivity index (χ4n) is 2.41. The number of alkyl halides is 1. The molecule has 78 valence electrons. The van der Waals surface area contributed by atoms with Gasteiger partial charge in [0.1, 0.15) is 5.76 Å². The second-order valence-electron chi connectivity index (χ2n) is 4.38. The molecule has 0 N–H and O–H groups in total. The van der Waals surface area contributed by atoms with Crippen molar-refractivity contribution in [3.8, 4) is 0 Å². The first-order chi connectivity index (χ1) is 6.76. The van der Waals surface area contributed by atoms with E-state index in [4.69, 9.17) is 16.0 Å². The Morgan fingerprint density at radius 1 is 1.43 bits per heavy atom. The van der Waals surface area contributed by atoms with Gasteiger partial charge in [-0.3, -0.25) is 0 Å². The highest BCUT2D eigenvalue weighted by atomic mass is 35.5. The average molecular weight is 214 g/mol. The van der Waals surface area contributed by atoms with Gasteiger partial charge in [-0.1, -0.05) is 26.2 Å². The van der Waals surface area contributed by atoms with E-state index in [2.05, 4.69) is 11.9 Å². The molecule has 3 heteroatoms. The van der Waals surface area contributed by atoms with E-state index < -0.39 is 0 Å². The number of rotatable bonds is 2. The first kappa shape index (κ1) is 10.0. The highest BCUT2D eigenvalue weighted by molar-refractivity contribution is 6.16. The van der Waals surface area contributed by atoms with Crippen molar-refractivity contribution in [1.82, 2.24) is 4.98 Å². The minimum Gasteiger partial charge on any atom is -0.448 e. The average Bonchev–Trinajstić information content (AvgIpc) is 2.67. The highest BCUT2D eigenvalue weighted by Gasteiger charge is 2.34. The molecule has 0 saturated heterocycles. The zero-order valence-corrected chi connectivity index (χ0v) is 9.31. The van der Waals surface area contributed by atoms with Gasteiger partial charge in [0.15, 0.2) is 6.39 Å². The molecule has 1 aliphatic rings. The summed E-state index contributed by atoms with van der Waals surface area (Å²) >= 11 is 5.83. The smallest absolute Gasteiger partial charge is 0.181 e. The number of aromatic nitrogens is 1. The van der Waals surface area contributed by atoms with Crippen LogP contribution in [-0.2, 0) is 11.3 Å². The molecule has 1 saturated carbocycles. The summed E-state index contributed by atoms with van der Waals surface area (Å²) in [6.45, 7) is 2.27. The van der Waals surface area contributed by atoms with Crippen LogP contribution in [0.1, 0.15) is 50.5 Å². The minimum absolute atomic E-state index is 0.180. The van der Waals surface area contributed by atoms with E-state index in [1.54, 1.807) is 0 Å². The standard InChI is InChI=1S/C11H16ClNO/c1-11(5-3-2-4-6-11)10-9(7-12)13-8-14-10/h8H,2-7H2,1H3. The zero-order chi connectivity index (χ0) is 10.0. The lowest BCUT2D eigenvalue weighted by molar-refractivity contribution is 0.265. The number of halogens is 1. The SMILES string of the molecule is CC1(c2ocnc2CCl)CCCCC1. The van der Waals surface area contributed by atoms with Crippen molar-refractivity contribution in [3.63, 3.8) is 0 Å². The second kappa shape index (κ2) is 3.93. The molecule has 1 aromatic rings. The van der Waals surface area contributed by atoms with E-state index in [0.717, 1.165) is 11.5 Å². The van der Waals surface area contributed by atoms with Crippen molar-refractivity contribution < 1.29 is 4.42 Å². The first-order valence-electron chi connectivity index (χ1n) is 5.25. The first-order valence-corrected chi connectivity index (χ1v) is 5.78. The van der Waals surface area contributed by atoms with E-state index >= 15 is 0 Å². The summed E-state index contributed by atoms with van der Waals surface area (Å²) in [7, 11) is 0. The number of nitrogens with zero attached hydrogens (tertiary/aromatic N) is 1. The molecule has 1 heterocycles. The van der Waals surface area contributed by atoms with Gasteiger partial charge >= 0.3 is 0 Å². The quantitative estimate of drug-likeness (QED) is 0.702. The molecular formula is C11H16ClNO. The largest absolute Gasteiger partial charge is 0.448 e. The van der Waals surface area contributed by atoms with Crippen molar-refractivity contribution in [2.75, 3.05) is 0 Å². The maximum Gasteiger partial charge on any atom is 0.181 e. The van der Waals surface area contributed by atoms with E-state index in [9.17, 15) is 0 Å². The molecule has 1 fully saturated rings. The molecule has 1 aromatic heterocycles. The number of oxazole rings is 1. The predicted molar refractivity (Wildman–Crippen MR) is 56.5 cm³/mol. The Morgan fingerprint density at radius 3 is 2.79 bits per heavy atom. The lowest BCUT2D eigenvalue weighted by Gasteiger charge is -2.31. The highest BCUT2D eigenvalue weighted by Crippen LogP contribution is 2.40. The summed E-state index contributed by atoms with van der Waals surface area (Å²) in [6, 6.07) is 0. The topological polar surface area (TPSA) is 26.0 Å². The Hall–Kier alpha value is -0.500. The molecule has 14 heavy (non-hydrogen) atoms. The monoisotopic (exact) mass is 213 g/mol. The van der Waals surface area contributed by atoms with Crippen LogP contribution < -0.4 is 0 Å². The van der Waals surface area contributed by atoms with Crippen LogP contribution in [0.5, 0.6) is 0 Å². The van der Waals surface area contributed by atoms with E-state index in [1.165, 1.54) is 38.5 Å². The normalized spacial score (nSPS) is 21.0. The number of hydrogen-bond acceptors (Lipinski definition) is 2. The van der Waals surface area contributed by atoms with Crippen molar-refractivity contribution in [3.05, 3.63) is 17.8 Å². The number of hydrogen-bond donors (Lipinski definition) is 0. The second-order valence-corrected chi connectivity index (χ2v) is 4.65. The summed E-state index contributed by atoms with van der Waals surface area (Å²) in [5, 5.41) is 0. The summed E-state index contributed by atoms with van der Waals surface area (Å²) in [5.74, 6) is 1.48. The van der Waals surface area contributed by atoms with Gasteiger partial charge in [0.25, 0.3) is 0 Å². The van der Waals surface area contributed by atoms with Gasteiger partial charge in [-0.15, -0.1) is 11.6 Å². The third-order valence-corrected chi connectivity index (χ3v) is 3.53. The molecule has 2 nitrogen and oxygen atoms in total. The zero-order valence-electron chi connectivity index (χ0n) is 8.55. The van der Waals surface area contributed by atoms with Crippen molar-refractivity contribution in [2.24, 2.45) is 0 Å². The van der Waals surface area contributed by atoms with E-state index in [1.807, 2.05) is 0 Å². The molecule has 0 bridgehead atoms. The molecule has 1 aliphatic carbocycles. The summed E-state index contributed by atoms with van der Waals surface area (Å²) in [4.78, 5) is 4.16. The Balaban J connectivity index is 2.27. The fraction of sp³-hybridized carbons (Fsp3) is 0.727. The fourth-order valence-corrected chi connectivity index (χ4v) is 2.60. The summed E-state index contributed by atoms with van der Waals surface area (Å²) in [6.07, 6.45) is 7.85. The van der Waals surface area contributed by atoms with Crippen LogP contribution in [0.25, 0.3) is 0 Å². The van der Waals surface area contributed by atoms with Gasteiger partial charge < -0.3 is 4.42 Å². The van der Waals surface area contributed by atoms with E-state index in [-0.39, 0.29) is 5.41 Å². The van der Waals surface area contributed by atoms with Crippen LogP contribution in [0.15, 0.2) is 10.8 Å². The minimum atomic E-state index is 0.180. The lowest BCUT2D eigenvalue weighted by atomic mass is 9.73. The van der Waals surface area contributed by atoms with Crippen LogP contribution in [0.2, 0.25) is 0 Å². The molecule has 0 aromatic carbocycles. The molecule has 0 radical (unpaired) electrons. The summed E-state index contributed by atoms with van der Waals surface area (Å²) in [5.41, 5.74) is 1.11. The van der Waals surface area contributed by atoms with Gasteiger partial charge in [0, 0.05) is 5.41 Å². The lowest BCUT2D eigenvalue weighted by Crippen LogP contribution is -2.25. The van der Waals surface area contributed by atoms with E-state index in [0.29, 0.717) is 5.88 Å². The van der Waals surface area contributed by atoms with Crippen molar-refractivity contribution >= 4 is 11.6 Å². The Labute approximate surface area is 89.7 Å². The van der Waals surface area contributed by atoms with Crippen LogP contribution in [-0.4, -0.2) is 4.98 Å². The maximum absolute atomic E-state index is 5.83. The van der Waals surface area contributed by atoms with Crippen LogP contribution in [0.4, 0.5) is 0 Å². The third-order valence-electron chi connectivity index (χ3n) is 3.27. The maximum atomic E-state index is 5.83. The van der Waals surface area contributed by atoms with Gasteiger partial charge in [-0.05, 0) is 12.8 Å². The molecular weight excluding hydrogens is 198 g/mol. The predicted octanol–water partition coefficient (Wildman–Crippen LogP) is 3.64. The van der Waals surface area contributed by atoms with Crippen LogP contribution in [0.3, 0.4) is 0 Å². The molecule has 0 unspecified atom stereocenters. The molecule has 0 atom stereocenters. The molecule has 0 spiro atoms. The summed E-state index contributed by atoms with van der Waals surface area (Å²) < 4.78 is 5.50. The van der Waals surface area contributed by atoms with Gasteiger partial charge in [0.05, 0.1) is 11.6 Å². The van der Waals surface area contributed by atoms with Gasteiger partial charge in [0.2, 0.25) is 0 Å². The van der Waals surface area contributed by atoms with Crippen molar-refractivity contribution in [2.45, 2.75) is 50.3 Å². The Morgan fingerprint density at radius 2 is 2.14 bits per heavy atom. The Bertz CT molecular complexity index is 302. The third kappa shape index (κ3) is 1.68. The van der Waals surface area contributed by atoms with Crippen molar-refractivity contribution in [1.29, 1.82) is 0 Å².